The minimum absolute atomic E-state index is 0.0670. The van der Waals surface area contributed by atoms with Crippen LogP contribution in [-0.2, 0) is 6.54 Å². The molecule has 1 aromatic heterocycles. The molecule has 0 fully saturated rings. The van der Waals surface area contributed by atoms with Crippen LogP contribution in [0.1, 0.15) is 34.2 Å². The van der Waals surface area contributed by atoms with Crippen LogP contribution in [0, 0.1) is 13.8 Å². The van der Waals surface area contributed by atoms with Crippen LogP contribution in [0.3, 0.4) is 0 Å². The molecular weight excluding hydrogens is 356 g/mol. The van der Waals surface area contributed by atoms with Crippen molar-refractivity contribution in [3.05, 3.63) is 51.3 Å². The minimum Gasteiger partial charge on any atom is -0.350 e. The highest BCUT2D eigenvalue weighted by atomic mass is 79.9. The third kappa shape index (κ3) is 4.42. The highest BCUT2D eigenvalue weighted by molar-refractivity contribution is 9.10. The summed E-state index contributed by atoms with van der Waals surface area (Å²) in [6.07, 6.45) is 0. The van der Waals surface area contributed by atoms with Crippen LogP contribution < -0.4 is 10.6 Å². The van der Waals surface area contributed by atoms with Gasteiger partial charge in [-0.05, 0) is 45.5 Å². The highest BCUT2D eigenvalue weighted by Crippen LogP contribution is 2.17. The summed E-state index contributed by atoms with van der Waals surface area (Å²) in [6.45, 7) is 7.07. The Kier molecular flexibility index (Phi) is 5.96. The molecule has 1 aromatic carbocycles. The maximum Gasteiger partial charge on any atom is 0.255 e. The van der Waals surface area contributed by atoms with E-state index in [1.807, 2.05) is 44.6 Å². The number of carbonyl (C=O) groups excluding carboxylic acids is 1. The molecule has 1 amide bonds. The summed E-state index contributed by atoms with van der Waals surface area (Å²) >= 11 is 3.48. The standard InChI is InChI=1S/C17H23BrN4O/c1-11(19-4)9-20-17(23)16-12(2)21-22(13(16)3)10-14-6-5-7-15(18)8-14/h5-8,11,19H,9-10H2,1-4H3,(H,20,23). The van der Waals surface area contributed by atoms with E-state index in [0.29, 0.717) is 18.7 Å². The maximum atomic E-state index is 12.4. The van der Waals surface area contributed by atoms with Crippen LogP contribution in [-0.4, -0.2) is 35.3 Å². The number of hydrogen-bond acceptors (Lipinski definition) is 3. The summed E-state index contributed by atoms with van der Waals surface area (Å²) in [7, 11) is 1.88. The van der Waals surface area contributed by atoms with Gasteiger partial charge in [-0.2, -0.15) is 5.10 Å². The SMILES string of the molecule is CNC(C)CNC(=O)c1c(C)nn(Cc2cccc(Br)c2)c1C. The number of nitrogens with one attached hydrogen (secondary N) is 2. The fourth-order valence-electron chi connectivity index (χ4n) is 2.42. The number of carbonyl (C=O) groups is 1. The van der Waals surface area contributed by atoms with Crippen LogP contribution in [0.25, 0.3) is 0 Å². The van der Waals surface area contributed by atoms with Crippen molar-refractivity contribution < 1.29 is 4.79 Å². The van der Waals surface area contributed by atoms with Gasteiger partial charge in [0.1, 0.15) is 0 Å². The van der Waals surface area contributed by atoms with Gasteiger partial charge in [-0.25, -0.2) is 0 Å². The second-order valence-electron chi connectivity index (χ2n) is 5.73. The molecule has 5 nitrogen and oxygen atoms in total. The lowest BCUT2D eigenvalue weighted by molar-refractivity contribution is 0.0949. The summed E-state index contributed by atoms with van der Waals surface area (Å²) in [4.78, 5) is 12.4. The van der Waals surface area contributed by atoms with Crippen LogP contribution in [0.15, 0.2) is 28.7 Å². The van der Waals surface area contributed by atoms with Crippen molar-refractivity contribution in [3.63, 3.8) is 0 Å². The molecule has 2 rings (SSSR count). The van der Waals surface area contributed by atoms with Crippen LogP contribution in [0.4, 0.5) is 0 Å². The third-order valence-corrected chi connectivity index (χ3v) is 4.38. The molecule has 1 unspecified atom stereocenters. The Morgan fingerprint density at radius 2 is 2.13 bits per heavy atom. The number of nitrogens with zero attached hydrogens (tertiary/aromatic N) is 2. The van der Waals surface area contributed by atoms with E-state index >= 15 is 0 Å². The number of amides is 1. The quantitative estimate of drug-likeness (QED) is 0.812. The zero-order valence-corrected chi connectivity index (χ0v) is 15.6. The lowest BCUT2D eigenvalue weighted by Gasteiger charge is -2.11. The van der Waals surface area contributed by atoms with Crippen molar-refractivity contribution >= 4 is 21.8 Å². The molecule has 2 N–H and O–H groups in total. The van der Waals surface area contributed by atoms with Crippen molar-refractivity contribution in [3.8, 4) is 0 Å². The van der Waals surface area contributed by atoms with E-state index in [-0.39, 0.29) is 11.9 Å². The molecule has 0 spiro atoms. The van der Waals surface area contributed by atoms with E-state index in [2.05, 4.69) is 43.8 Å². The number of halogens is 1. The second-order valence-corrected chi connectivity index (χ2v) is 6.65. The monoisotopic (exact) mass is 378 g/mol. The zero-order valence-electron chi connectivity index (χ0n) is 14.0. The van der Waals surface area contributed by atoms with Gasteiger partial charge in [0.2, 0.25) is 0 Å². The smallest absolute Gasteiger partial charge is 0.255 e. The van der Waals surface area contributed by atoms with Crippen molar-refractivity contribution in [2.24, 2.45) is 0 Å². The van der Waals surface area contributed by atoms with E-state index in [4.69, 9.17) is 0 Å². The Morgan fingerprint density at radius 3 is 2.78 bits per heavy atom. The van der Waals surface area contributed by atoms with Crippen LogP contribution >= 0.6 is 15.9 Å². The van der Waals surface area contributed by atoms with E-state index in [1.165, 1.54) is 0 Å². The Labute approximate surface area is 145 Å². The van der Waals surface area contributed by atoms with Gasteiger partial charge < -0.3 is 10.6 Å². The van der Waals surface area contributed by atoms with Crippen molar-refractivity contribution in [2.45, 2.75) is 33.4 Å². The first-order valence-electron chi connectivity index (χ1n) is 7.66. The molecule has 0 saturated heterocycles. The summed E-state index contributed by atoms with van der Waals surface area (Å²) < 4.78 is 2.92. The topological polar surface area (TPSA) is 58.9 Å². The molecule has 0 aliphatic carbocycles. The number of hydrogen-bond donors (Lipinski definition) is 2. The Morgan fingerprint density at radius 1 is 1.39 bits per heavy atom. The summed E-state index contributed by atoms with van der Waals surface area (Å²) in [6, 6.07) is 8.33. The number of likely N-dealkylation sites (N-methyl/N-ethyl adjacent to an activating group) is 1. The van der Waals surface area contributed by atoms with Gasteiger partial charge in [-0.1, -0.05) is 28.1 Å². The molecule has 0 bridgehead atoms. The van der Waals surface area contributed by atoms with Gasteiger partial charge >= 0.3 is 0 Å². The molecule has 2 aromatic rings. The molecule has 0 saturated carbocycles. The van der Waals surface area contributed by atoms with Crippen molar-refractivity contribution in [1.29, 1.82) is 0 Å². The van der Waals surface area contributed by atoms with E-state index in [0.717, 1.165) is 21.4 Å². The number of benzene rings is 1. The molecular formula is C17H23BrN4O. The zero-order chi connectivity index (χ0) is 17.0. The van der Waals surface area contributed by atoms with Gasteiger partial charge in [0.05, 0.1) is 17.8 Å². The van der Waals surface area contributed by atoms with E-state index in [1.54, 1.807) is 0 Å². The number of aromatic nitrogens is 2. The average molecular weight is 379 g/mol. The second kappa shape index (κ2) is 7.75. The maximum absolute atomic E-state index is 12.4. The fraction of sp³-hybridized carbons (Fsp3) is 0.412. The lowest BCUT2D eigenvalue weighted by Crippen LogP contribution is -2.37. The molecule has 6 heteroatoms. The molecule has 1 atom stereocenters. The first kappa shape index (κ1) is 17.7. The van der Waals surface area contributed by atoms with Crippen molar-refractivity contribution in [2.75, 3.05) is 13.6 Å². The summed E-state index contributed by atoms with van der Waals surface area (Å²) in [5, 5.41) is 10.6. The minimum atomic E-state index is -0.0670. The van der Waals surface area contributed by atoms with Crippen LogP contribution in [0.5, 0.6) is 0 Å². The Balaban J connectivity index is 2.17. The molecule has 1 heterocycles. The largest absolute Gasteiger partial charge is 0.350 e. The Hall–Kier alpha value is -1.66. The number of aryl methyl sites for hydroxylation is 1. The Bertz CT molecular complexity index is 696. The fourth-order valence-corrected chi connectivity index (χ4v) is 2.87. The average Bonchev–Trinajstić information content (AvgIpc) is 2.78. The van der Waals surface area contributed by atoms with E-state index in [9.17, 15) is 4.79 Å². The van der Waals surface area contributed by atoms with Crippen molar-refractivity contribution in [1.82, 2.24) is 20.4 Å². The molecule has 0 radical (unpaired) electrons. The number of rotatable bonds is 6. The predicted molar refractivity (Wildman–Crippen MR) is 95.8 cm³/mol. The van der Waals surface area contributed by atoms with Gasteiger partial charge in [0, 0.05) is 22.8 Å². The highest BCUT2D eigenvalue weighted by Gasteiger charge is 2.18. The lowest BCUT2D eigenvalue weighted by atomic mass is 10.1. The first-order valence-corrected chi connectivity index (χ1v) is 8.45. The third-order valence-electron chi connectivity index (χ3n) is 3.89. The molecule has 124 valence electrons. The predicted octanol–water partition coefficient (Wildman–Crippen LogP) is 2.65. The van der Waals surface area contributed by atoms with Crippen LogP contribution in [0.2, 0.25) is 0 Å². The summed E-state index contributed by atoms with van der Waals surface area (Å²) in [5.74, 6) is -0.0670. The molecule has 23 heavy (non-hydrogen) atoms. The first-order chi connectivity index (χ1) is 10.9. The van der Waals surface area contributed by atoms with Gasteiger partial charge in [-0.3, -0.25) is 9.48 Å². The van der Waals surface area contributed by atoms with Gasteiger partial charge in [-0.15, -0.1) is 0 Å². The van der Waals surface area contributed by atoms with E-state index < -0.39 is 0 Å². The summed E-state index contributed by atoms with van der Waals surface area (Å²) in [5.41, 5.74) is 3.45. The van der Waals surface area contributed by atoms with Gasteiger partial charge in [0.15, 0.2) is 0 Å². The molecule has 0 aliphatic rings. The van der Waals surface area contributed by atoms with Gasteiger partial charge in [0.25, 0.3) is 5.91 Å². The normalized spacial score (nSPS) is 12.2. The molecule has 0 aliphatic heterocycles.